The van der Waals surface area contributed by atoms with E-state index < -0.39 is 6.61 Å². The fourth-order valence-corrected chi connectivity index (χ4v) is 2.02. The topological polar surface area (TPSA) is 30.5 Å². The van der Waals surface area contributed by atoms with Gasteiger partial charge in [-0.15, -0.1) is 0 Å². The lowest BCUT2D eigenvalue weighted by atomic mass is 10.1. The van der Waals surface area contributed by atoms with E-state index in [9.17, 15) is 8.78 Å². The van der Waals surface area contributed by atoms with Crippen LogP contribution in [0.4, 0.5) is 8.78 Å². The summed E-state index contributed by atoms with van der Waals surface area (Å²) in [5.41, 5.74) is 0. The first-order valence-corrected chi connectivity index (χ1v) is 6.14. The minimum absolute atomic E-state index is 0.00439. The van der Waals surface area contributed by atoms with Gasteiger partial charge in [-0.3, -0.25) is 0 Å². The zero-order valence-corrected chi connectivity index (χ0v) is 10.4. The van der Waals surface area contributed by atoms with Crippen LogP contribution >= 0.6 is 11.6 Å². The standard InChI is InChI=1S/C12H14ClF2NO2/c13-8-1-2-10(18-12(14)15)11(7-8)17-9-3-5-16-6-4-9/h1-2,7,9,12,16H,3-6H2. The molecule has 0 atom stereocenters. The second-order valence-corrected chi connectivity index (χ2v) is 4.47. The number of ether oxygens (including phenoxy) is 2. The average molecular weight is 278 g/mol. The molecule has 0 aromatic heterocycles. The Morgan fingerprint density at radius 3 is 2.61 bits per heavy atom. The van der Waals surface area contributed by atoms with E-state index in [1.165, 1.54) is 18.2 Å². The molecule has 1 heterocycles. The maximum Gasteiger partial charge on any atom is 0.387 e. The van der Waals surface area contributed by atoms with Crippen molar-refractivity contribution in [2.75, 3.05) is 13.1 Å². The highest BCUT2D eigenvalue weighted by Gasteiger charge is 2.18. The van der Waals surface area contributed by atoms with E-state index in [-0.39, 0.29) is 17.6 Å². The van der Waals surface area contributed by atoms with Gasteiger partial charge in [-0.1, -0.05) is 11.6 Å². The summed E-state index contributed by atoms with van der Waals surface area (Å²) >= 11 is 5.84. The molecule has 0 aliphatic carbocycles. The first-order valence-electron chi connectivity index (χ1n) is 5.77. The number of alkyl halides is 2. The summed E-state index contributed by atoms with van der Waals surface area (Å²) in [6, 6.07) is 4.39. The van der Waals surface area contributed by atoms with Crippen molar-refractivity contribution >= 4 is 11.6 Å². The summed E-state index contributed by atoms with van der Waals surface area (Å²) in [5.74, 6) is 0.294. The Bertz CT molecular complexity index is 398. The number of hydrogen-bond donors (Lipinski definition) is 1. The van der Waals surface area contributed by atoms with Gasteiger partial charge in [0.05, 0.1) is 0 Å². The minimum Gasteiger partial charge on any atom is -0.486 e. The fraction of sp³-hybridized carbons (Fsp3) is 0.500. The van der Waals surface area contributed by atoms with E-state index in [2.05, 4.69) is 10.1 Å². The molecule has 1 fully saturated rings. The van der Waals surface area contributed by atoms with Gasteiger partial charge in [-0.05, 0) is 38.1 Å². The lowest BCUT2D eigenvalue weighted by molar-refractivity contribution is -0.0522. The molecule has 0 amide bonds. The molecular weight excluding hydrogens is 264 g/mol. The third-order valence-electron chi connectivity index (χ3n) is 2.70. The quantitative estimate of drug-likeness (QED) is 0.917. The summed E-state index contributed by atoms with van der Waals surface area (Å²) in [6.45, 7) is -1.16. The van der Waals surface area contributed by atoms with Gasteiger partial charge in [0.25, 0.3) is 0 Å². The Kier molecular flexibility index (Phi) is 4.60. The third kappa shape index (κ3) is 3.71. The smallest absolute Gasteiger partial charge is 0.387 e. The zero-order chi connectivity index (χ0) is 13.0. The average Bonchev–Trinajstić information content (AvgIpc) is 2.33. The zero-order valence-electron chi connectivity index (χ0n) is 9.67. The third-order valence-corrected chi connectivity index (χ3v) is 2.94. The van der Waals surface area contributed by atoms with Crippen molar-refractivity contribution in [2.45, 2.75) is 25.6 Å². The van der Waals surface area contributed by atoms with Gasteiger partial charge in [0, 0.05) is 11.1 Å². The molecule has 0 bridgehead atoms. The molecule has 0 unspecified atom stereocenters. The number of halogens is 3. The molecule has 1 aromatic rings. The first-order chi connectivity index (χ1) is 8.65. The number of benzene rings is 1. The predicted octanol–water partition coefficient (Wildman–Crippen LogP) is 3.07. The molecule has 1 N–H and O–H groups in total. The van der Waals surface area contributed by atoms with Gasteiger partial charge < -0.3 is 14.8 Å². The minimum atomic E-state index is -2.87. The van der Waals surface area contributed by atoms with Gasteiger partial charge in [-0.25, -0.2) is 0 Å². The second kappa shape index (κ2) is 6.20. The van der Waals surface area contributed by atoms with Crippen LogP contribution in [0.2, 0.25) is 5.02 Å². The number of hydrogen-bond acceptors (Lipinski definition) is 3. The second-order valence-electron chi connectivity index (χ2n) is 4.04. The Hall–Kier alpha value is -1.07. The Labute approximate surface area is 109 Å². The van der Waals surface area contributed by atoms with E-state index in [0.717, 1.165) is 25.9 Å². The molecular formula is C12H14ClF2NO2. The van der Waals surface area contributed by atoms with Crippen LogP contribution in [-0.4, -0.2) is 25.8 Å². The first kappa shape index (κ1) is 13.4. The normalized spacial score (nSPS) is 16.9. The molecule has 0 saturated carbocycles. The molecule has 1 aliphatic heterocycles. The van der Waals surface area contributed by atoms with Crippen LogP contribution in [0.25, 0.3) is 0 Å². The highest BCUT2D eigenvalue weighted by molar-refractivity contribution is 6.30. The summed E-state index contributed by atoms with van der Waals surface area (Å²) in [7, 11) is 0. The van der Waals surface area contributed by atoms with E-state index >= 15 is 0 Å². The van der Waals surface area contributed by atoms with Gasteiger partial charge in [0.2, 0.25) is 0 Å². The number of piperidine rings is 1. The molecule has 1 saturated heterocycles. The molecule has 2 rings (SSSR count). The van der Waals surface area contributed by atoms with Gasteiger partial charge in [0.1, 0.15) is 6.10 Å². The van der Waals surface area contributed by atoms with Crippen molar-refractivity contribution in [1.29, 1.82) is 0 Å². The highest BCUT2D eigenvalue weighted by Crippen LogP contribution is 2.33. The van der Waals surface area contributed by atoms with Crippen LogP contribution < -0.4 is 14.8 Å². The maximum absolute atomic E-state index is 12.3. The predicted molar refractivity (Wildman–Crippen MR) is 64.6 cm³/mol. The van der Waals surface area contributed by atoms with Gasteiger partial charge in [-0.2, -0.15) is 8.78 Å². The molecule has 0 radical (unpaired) electrons. The summed E-state index contributed by atoms with van der Waals surface area (Å²) < 4.78 is 34.6. The molecule has 100 valence electrons. The van der Waals surface area contributed by atoms with Crippen molar-refractivity contribution in [3.63, 3.8) is 0 Å². The molecule has 0 spiro atoms. The maximum atomic E-state index is 12.3. The molecule has 1 aromatic carbocycles. The Morgan fingerprint density at radius 2 is 1.94 bits per heavy atom. The van der Waals surface area contributed by atoms with Crippen molar-refractivity contribution in [3.05, 3.63) is 23.2 Å². The number of rotatable bonds is 4. The molecule has 18 heavy (non-hydrogen) atoms. The molecule has 3 nitrogen and oxygen atoms in total. The highest BCUT2D eigenvalue weighted by atomic mass is 35.5. The van der Waals surface area contributed by atoms with Crippen LogP contribution in [0.5, 0.6) is 11.5 Å². The molecule has 6 heteroatoms. The molecule has 1 aliphatic rings. The van der Waals surface area contributed by atoms with Gasteiger partial charge >= 0.3 is 6.61 Å². The lowest BCUT2D eigenvalue weighted by Gasteiger charge is -2.24. The van der Waals surface area contributed by atoms with E-state index in [1.54, 1.807) is 0 Å². The fourth-order valence-electron chi connectivity index (χ4n) is 1.86. The largest absolute Gasteiger partial charge is 0.486 e. The number of nitrogens with one attached hydrogen (secondary N) is 1. The van der Waals surface area contributed by atoms with Crippen LogP contribution in [0.3, 0.4) is 0 Å². The lowest BCUT2D eigenvalue weighted by Crippen LogP contribution is -2.34. The van der Waals surface area contributed by atoms with Crippen molar-refractivity contribution in [3.8, 4) is 11.5 Å². The SMILES string of the molecule is FC(F)Oc1ccc(Cl)cc1OC1CCNCC1. The van der Waals surface area contributed by atoms with E-state index in [1.807, 2.05) is 0 Å². The van der Waals surface area contributed by atoms with Crippen LogP contribution in [0.1, 0.15) is 12.8 Å². The van der Waals surface area contributed by atoms with E-state index in [4.69, 9.17) is 16.3 Å². The summed E-state index contributed by atoms with van der Waals surface area (Å²) in [5, 5.41) is 3.63. The van der Waals surface area contributed by atoms with Crippen LogP contribution in [0.15, 0.2) is 18.2 Å². The Balaban J connectivity index is 2.10. The van der Waals surface area contributed by atoms with Gasteiger partial charge in [0.15, 0.2) is 11.5 Å². The summed E-state index contributed by atoms with van der Waals surface area (Å²) in [4.78, 5) is 0. The van der Waals surface area contributed by atoms with Crippen molar-refractivity contribution in [2.24, 2.45) is 0 Å². The van der Waals surface area contributed by atoms with E-state index in [0.29, 0.717) is 5.02 Å². The van der Waals surface area contributed by atoms with Crippen molar-refractivity contribution < 1.29 is 18.3 Å². The summed E-state index contributed by atoms with van der Waals surface area (Å²) in [6.07, 6.45) is 1.67. The van der Waals surface area contributed by atoms with Crippen LogP contribution in [-0.2, 0) is 0 Å². The van der Waals surface area contributed by atoms with Crippen molar-refractivity contribution in [1.82, 2.24) is 5.32 Å². The Morgan fingerprint density at radius 1 is 1.22 bits per heavy atom. The van der Waals surface area contributed by atoms with Crippen LogP contribution in [0, 0.1) is 0 Å². The monoisotopic (exact) mass is 277 g/mol.